The van der Waals surface area contributed by atoms with Crippen LogP contribution in [0.25, 0.3) is 10.9 Å². The van der Waals surface area contributed by atoms with Crippen LogP contribution in [0.3, 0.4) is 0 Å². The zero-order chi connectivity index (χ0) is 13.9. The summed E-state index contributed by atoms with van der Waals surface area (Å²) in [6.45, 7) is 3.70. The molecule has 1 fully saturated rings. The maximum atomic E-state index is 11.8. The average Bonchev–Trinajstić information content (AvgIpc) is 2.85. The molecule has 0 spiro atoms. The number of nitrogens with one attached hydrogen (secondary N) is 1. The highest BCUT2D eigenvalue weighted by Crippen LogP contribution is 2.22. The number of hydroxylamine groups is 2. The van der Waals surface area contributed by atoms with Crippen molar-refractivity contribution in [3.8, 4) is 5.88 Å². The molecule has 2 heterocycles. The van der Waals surface area contributed by atoms with Crippen molar-refractivity contribution in [2.24, 2.45) is 5.92 Å². The molecule has 1 saturated heterocycles. The molecule has 20 heavy (non-hydrogen) atoms. The maximum absolute atomic E-state index is 11.8. The number of hydrogen-bond acceptors (Lipinski definition) is 5. The molecule has 6 nitrogen and oxygen atoms in total. The standard InChI is InChI=1S/C14H17N3O3/c1-10-6-8-17(9-7-10)20-14(18)19-13-11-4-2-3-5-12(11)15-16-13/h2-5,10H,6-9H2,1H3,(H,15,16). The Hall–Kier alpha value is -2.08. The second-order valence-corrected chi connectivity index (χ2v) is 5.13. The first-order valence-corrected chi connectivity index (χ1v) is 6.80. The van der Waals surface area contributed by atoms with Crippen LogP contribution in [-0.4, -0.2) is 34.5 Å². The van der Waals surface area contributed by atoms with Crippen molar-refractivity contribution in [2.75, 3.05) is 13.1 Å². The van der Waals surface area contributed by atoms with Gasteiger partial charge in [-0.05, 0) is 30.9 Å². The van der Waals surface area contributed by atoms with Gasteiger partial charge in [0.15, 0.2) is 0 Å². The van der Waals surface area contributed by atoms with Gasteiger partial charge in [-0.25, -0.2) is 4.79 Å². The molecule has 2 aromatic rings. The van der Waals surface area contributed by atoms with Gasteiger partial charge in [0.1, 0.15) is 0 Å². The zero-order valence-corrected chi connectivity index (χ0v) is 11.3. The van der Waals surface area contributed by atoms with Crippen LogP contribution in [0.4, 0.5) is 4.79 Å². The van der Waals surface area contributed by atoms with Crippen molar-refractivity contribution in [2.45, 2.75) is 19.8 Å². The van der Waals surface area contributed by atoms with Gasteiger partial charge < -0.3 is 9.57 Å². The SMILES string of the molecule is CC1CCN(OC(=O)Oc2n[nH]c3ccccc23)CC1. The monoisotopic (exact) mass is 275 g/mol. The highest BCUT2D eigenvalue weighted by molar-refractivity contribution is 5.85. The van der Waals surface area contributed by atoms with E-state index in [9.17, 15) is 4.79 Å². The van der Waals surface area contributed by atoms with E-state index in [0.717, 1.165) is 36.8 Å². The van der Waals surface area contributed by atoms with Crippen LogP contribution >= 0.6 is 0 Å². The lowest BCUT2D eigenvalue weighted by atomic mass is 10.0. The summed E-state index contributed by atoms with van der Waals surface area (Å²) in [6, 6.07) is 7.45. The van der Waals surface area contributed by atoms with Crippen LogP contribution < -0.4 is 4.74 Å². The first-order chi connectivity index (χ1) is 9.72. The molecule has 0 atom stereocenters. The molecule has 0 radical (unpaired) electrons. The number of ether oxygens (including phenoxy) is 1. The van der Waals surface area contributed by atoms with Crippen LogP contribution in [-0.2, 0) is 4.84 Å². The second-order valence-electron chi connectivity index (χ2n) is 5.13. The van der Waals surface area contributed by atoms with E-state index in [1.807, 2.05) is 24.3 Å². The van der Waals surface area contributed by atoms with Crippen molar-refractivity contribution >= 4 is 17.1 Å². The molecule has 0 unspecified atom stereocenters. The Morgan fingerprint density at radius 2 is 2.10 bits per heavy atom. The molecule has 0 amide bonds. The number of aromatic nitrogens is 2. The van der Waals surface area contributed by atoms with Crippen LogP contribution in [0.1, 0.15) is 19.8 Å². The number of H-pyrrole nitrogens is 1. The Morgan fingerprint density at radius 1 is 1.35 bits per heavy atom. The van der Waals surface area contributed by atoms with Gasteiger partial charge in [-0.3, -0.25) is 5.10 Å². The fraction of sp³-hybridized carbons (Fsp3) is 0.429. The number of aromatic amines is 1. The van der Waals surface area contributed by atoms with E-state index < -0.39 is 6.16 Å². The van der Waals surface area contributed by atoms with Crippen LogP contribution in [0.5, 0.6) is 5.88 Å². The average molecular weight is 275 g/mol. The van der Waals surface area contributed by atoms with Gasteiger partial charge in [-0.1, -0.05) is 19.1 Å². The van der Waals surface area contributed by atoms with Gasteiger partial charge in [0.25, 0.3) is 5.88 Å². The molecular weight excluding hydrogens is 258 g/mol. The number of benzene rings is 1. The van der Waals surface area contributed by atoms with Crippen molar-refractivity contribution < 1.29 is 14.4 Å². The smallest absolute Gasteiger partial charge is 0.372 e. The summed E-state index contributed by atoms with van der Waals surface area (Å²) in [5.41, 5.74) is 0.821. The van der Waals surface area contributed by atoms with Crippen molar-refractivity contribution in [3.05, 3.63) is 24.3 Å². The van der Waals surface area contributed by atoms with Crippen LogP contribution in [0, 0.1) is 5.92 Å². The van der Waals surface area contributed by atoms with Gasteiger partial charge in [0.05, 0.1) is 10.9 Å². The Bertz CT molecular complexity index is 602. The third-order valence-corrected chi connectivity index (χ3v) is 3.56. The minimum Gasteiger partial charge on any atom is -0.372 e. The van der Waals surface area contributed by atoms with Gasteiger partial charge >= 0.3 is 6.16 Å². The number of carbonyl (C=O) groups excluding carboxylic acids is 1. The summed E-state index contributed by atoms with van der Waals surface area (Å²) in [7, 11) is 0. The van der Waals surface area contributed by atoms with Crippen molar-refractivity contribution in [1.29, 1.82) is 0 Å². The van der Waals surface area contributed by atoms with E-state index in [1.54, 1.807) is 5.06 Å². The Kier molecular flexibility index (Phi) is 3.56. The summed E-state index contributed by atoms with van der Waals surface area (Å²) in [4.78, 5) is 16.9. The minimum atomic E-state index is -0.739. The molecule has 0 saturated carbocycles. The lowest BCUT2D eigenvalue weighted by Crippen LogP contribution is -2.35. The summed E-state index contributed by atoms with van der Waals surface area (Å²) >= 11 is 0. The predicted octanol–water partition coefficient (Wildman–Crippen LogP) is 2.73. The lowest BCUT2D eigenvalue weighted by Gasteiger charge is -2.27. The fourth-order valence-corrected chi connectivity index (χ4v) is 2.30. The summed E-state index contributed by atoms with van der Waals surface area (Å²) < 4.78 is 5.15. The van der Waals surface area contributed by atoms with Gasteiger partial charge in [0, 0.05) is 13.1 Å². The number of piperidine rings is 1. The predicted molar refractivity (Wildman–Crippen MR) is 73.2 cm³/mol. The maximum Gasteiger partial charge on any atom is 0.534 e. The van der Waals surface area contributed by atoms with Crippen molar-refractivity contribution in [3.63, 3.8) is 0 Å². The van der Waals surface area contributed by atoms with E-state index in [-0.39, 0.29) is 5.88 Å². The molecule has 0 bridgehead atoms. The number of hydrogen-bond donors (Lipinski definition) is 1. The summed E-state index contributed by atoms with van der Waals surface area (Å²) in [5.74, 6) is 0.928. The molecule has 6 heteroatoms. The highest BCUT2D eigenvalue weighted by atomic mass is 16.8. The molecule has 1 N–H and O–H groups in total. The van der Waals surface area contributed by atoms with Crippen molar-refractivity contribution in [1.82, 2.24) is 15.3 Å². The quantitative estimate of drug-likeness (QED) is 0.853. The van der Waals surface area contributed by atoms with E-state index >= 15 is 0 Å². The molecule has 1 aromatic carbocycles. The topological polar surface area (TPSA) is 67.4 Å². The third kappa shape index (κ3) is 2.75. The molecule has 3 rings (SSSR count). The lowest BCUT2D eigenvalue weighted by molar-refractivity contribution is -0.131. The molecular formula is C14H17N3O3. The third-order valence-electron chi connectivity index (χ3n) is 3.56. The Morgan fingerprint density at radius 3 is 2.90 bits per heavy atom. The Balaban J connectivity index is 1.61. The Labute approximate surface area is 116 Å². The van der Waals surface area contributed by atoms with Gasteiger partial charge in [0.2, 0.25) is 0 Å². The number of carbonyl (C=O) groups is 1. The van der Waals surface area contributed by atoms with Gasteiger partial charge in [-0.2, -0.15) is 0 Å². The first kappa shape index (κ1) is 12.9. The van der Waals surface area contributed by atoms with E-state index in [1.165, 1.54) is 0 Å². The van der Waals surface area contributed by atoms with Crippen LogP contribution in [0.15, 0.2) is 24.3 Å². The first-order valence-electron chi connectivity index (χ1n) is 6.80. The molecule has 1 aromatic heterocycles. The normalized spacial score (nSPS) is 17.2. The number of rotatable bonds is 2. The van der Waals surface area contributed by atoms with E-state index in [4.69, 9.17) is 9.57 Å². The zero-order valence-electron chi connectivity index (χ0n) is 11.3. The highest BCUT2D eigenvalue weighted by Gasteiger charge is 2.21. The van der Waals surface area contributed by atoms with E-state index in [2.05, 4.69) is 17.1 Å². The van der Waals surface area contributed by atoms with Gasteiger partial charge in [-0.15, -0.1) is 10.2 Å². The molecule has 0 aliphatic carbocycles. The molecule has 1 aliphatic rings. The number of para-hydroxylation sites is 1. The number of fused-ring (bicyclic) bond motifs is 1. The molecule has 106 valence electrons. The molecule has 1 aliphatic heterocycles. The summed E-state index contributed by atoms with van der Waals surface area (Å²) in [6.07, 6.45) is 1.31. The van der Waals surface area contributed by atoms with Crippen LogP contribution in [0.2, 0.25) is 0 Å². The fourth-order valence-electron chi connectivity index (χ4n) is 2.30. The largest absolute Gasteiger partial charge is 0.534 e. The van der Waals surface area contributed by atoms with E-state index in [0.29, 0.717) is 5.92 Å². The number of nitrogens with zero attached hydrogens (tertiary/aromatic N) is 2. The minimum absolute atomic E-state index is 0.246. The second kappa shape index (κ2) is 5.50. The summed E-state index contributed by atoms with van der Waals surface area (Å²) in [5, 5.41) is 9.19.